The second-order valence-corrected chi connectivity index (χ2v) is 10.5. The molecule has 0 radical (unpaired) electrons. The summed E-state index contributed by atoms with van der Waals surface area (Å²) in [6, 6.07) is -0.613. The van der Waals surface area contributed by atoms with Gasteiger partial charge in [-0.1, -0.05) is 154 Å². The fourth-order valence-electron chi connectivity index (χ4n) is 4.61. The van der Waals surface area contributed by atoms with Gasteiger partial charge >= 0.3 is 0 Å². The summed E-state index contributed by atoms with van der Waals surface area (Å²) in [4.78, 5) is 11.4. The molecule has 0 saturated heterocycles. The molecule has 0 bridgehead atoms. The van der Waals surface area contributed by atoms with Crippen LogP contribution in [0.25, 0.3) is 0 Å². The van der Waals surface area contributed by atoms with E-state index in [2.05, 4.69) is 12.2 Å². The molecule has 0 aromatic rings. The fraction of sp³-hybridized carbons (Fsp3) is 0.903. The second-order valence-electron chi connectivity index (χ2n) is 10.5. The van der Waals surface area contributed by atoms with Gasteiger partial charge in [-0.15, -0.1) is 0 Å². The number of allylic oxidation sites excluding steroid dienone is 1. The maximum absolute atomic E-state index is 11.4. The van der Waals surface area contributed by atoms with Gasteiger partial charge in [-0.3, -0.25) is 4.79 Å². The van der Waals surface area contributed by atoms with E-state index >= 15 is 0 Å². The van der Waals surface area contributed by atoms with Gasteiger partial charge in [-0.2, -0.15) is 0 Å². The molecule has 0 rings (SSSR count). The lowest BCUT2D eigenvalue weighted by Crippen LogP contribution is -2.44. The number of carbonyl (C=O) groups excluding carboxylic acids is 1. The first-order chi connectivity index (χ1) is 17.2. The van der Waals surface area contributed by atoms with Crippen molar-refractivity contribution in [3.05, 3.63) is 12.2 Å². The number of unbranched alkanes of at least 4 members (excludes halogenated alkanes) is 21. The van der Waals surface area contributed by atoms with Crippen LogP contribution in [0.3, 0.4) is 0 Å². The summed E-state index contributed by atoms with van der Waals surface area (Å²) in [5.41, 5.74) is 0. The van der Waals surface area contributed by atoms with Crippen molar-refractivity contribution < 1.29 is 15.0 Å². The molecule has 0 aromatic heterocycles. The minimum atomic E-state index is -0.828. The van der Waals surface area contributed by atoms with E-state index in [-0.39, 0.29) is 12.5 Å². The number of aliphatic hydroxyl groups excluding tert-OH is 2. The van der Waals surface area contributed by atoms with E-state index in [0.29, 0.717) is 6.42 Å². The Labute approximate surface area is 218 Å². The maximum atomic E-state index is 11.4. The van der Waals surface area contributed by atoms with E-state index in [0.717, 1.165) is 12.8 Å². The second kappa shape index (κ2) is 27.7. The molecule has 0 fully saturated rings. The molecule has 2 unspecified atom stereocenters. The Morgan fingerprint density at radius 1 is 0.657 bits per heavy atom. The number of hydrogen-bond acceptors (Lipinski definition) is 3. The molecular weight excluding hydrogens is 434 g/mol. The van der Waals surface area contributed by atoms with Crippen molar-refractivity contribution in [3.63, 3.8) is 0 Å². The summed E-state index contributed by atoms with van der Waals surface area (Å²) in [6.07, 6.45) is 33.4. The highest BCUT2D eigenvalue weighted by atomic mass is 16.3. The number of rotatable bonds is 27. The summed E-state index contributed by atoms with van der Waals surface area (Å²) in [5, 5.41) is 22.0. The number of aliphatic hydroxyl groups is 2. The molecular formula is C31H61NO3. The van der Waals surface area contributed by atoms with Crippen LogP contribution in [0.1, 0.15) is 162 Å². The molecule has 208 valence electrons. The van der Waals surface area contributed by atoms with Crippen LogP contribution in [-0.4, -0.2) is 34.9 Å². The highest BCUT2D eigenvalue weighted by molar-refractivity contribution is 5.75. The molecule has 0 spiro atoms. The van der Waals surface area contributed by atoms with Gasteiger partial charge in [0.2, 0.25) is 5.91 Å². The zero-order valence-corrected chi connectivity index (χ0v) is 23.6. The number of amides is 1. The summed E-state index contributed by atoms with van der Waals surface area (Å²) in [7, 11) is 0. The summed E-state index contributed by atoms with van der Waals surface area (Å²) in [5.74, 6) is -0.152. The molecule has 0 saturated carbocycles. The van der Waals surface area contributed by atoms with Crippen LogP contribution in [0.5, 0.6) is 0 Å². The van der Waals surface area contributed by atoms with E-state index in [1.807, 2.05) is 6.08 Å². The zero-order chi connectivity index (χ0) is 25.8. The largest absolute Gasteiger partial charge is 0.394 e. The van der Waals surface area contributed by atoms with Crippen LogP contribution in [0, 0.1) is 0 Å². The Morgan fingerprint density at radius 2 is 1.03 bits per heavy atom. The molecule has 3 N–H and O–H groups in total. The Morgan fingerprint density at radius 3 is 1.37 bits per heavy atom. The summed E-state index contributed by atoms with van der Waals surface area (Å²) in [6.45, 7) is 3.79. The maximum Gasteiger partial charge on any atom is 0.220 e. The van der Waals surface area contributed by atoms with Crippen molar-refractivity contribution in [3.8, 4) is 0 Å². The number of nitrogens with one attached hydrogen (secondary N) is 1. The topological polar surface area (TPSA) is 69.6 Å². The molecule has 4 nitrogen and oxygen atoms in total. The predicted molar refractivity (Wildman–Crippen MR) is 152 cm³/mol. The third-order valence-electron chi connectivity index (χ3n) is 7.08. The third kappa shape index (κ3) is 24.6. The normalized spacial score (nSPS) is 13.4. The van der Waals surface area contributed by atoms with E-state index < -0.39 is 12.1 Å². The first-order valence-corrected chi connectivity index (χ1v) is 15.4. The first kappa shape index (κ1) is 34.1. The average Bonchev–Trinajstić information content (AvgIpc) is 2.87. The Hall–Kier alpha value is -0.870. The van der Waals surface area contributed by atoms with Gasteiger partial charge in [0.05, 0.1) is 18.8 Å². The highest BCUT2D eigenvalue weighted by Gasteiger charge is 2.17. The van der Waals surface area contributed by atoms with Gasteiger partial charge in [-0.25, -0.2) is 0 Å². The first-order valence-electron chi connectivity index (χ1n) is 15.4. The fourth-order valence-corrected chi connectivity index (χ4v) is 4.61. The van der Waals surface area contributed by atoms with Gasteiger partial charge < -0.3 is 15.5 Å². The van der Waals surface area contributed by atoms with E-state index in [4.69, 9.17) is 0 Å². The zero-order valence-electron chi connectivity index (χ0n) is 23.6. The van der Waals surface area contributed by atoms with Crippen LogP contribution in [0.4, 0.5) is 0 Å². The number of carbonyl (C=O) groups is 1. The van der Waals surface area contributed by atoms with Gasteiger partial charge in [0, 0.05) is 6.42 Å². The molecule has 2 atom stereocenters. The standard InChI is InChI=1S/C31H61NO3/c1-3-5-6-7-8-9-10-11-12-13-14-15-16-17-18-19-20-21-22-23-24-25-26-27-30(34)29(28-33)32-31(35)4-2/h26-27,29-30,33-34H,3-25,28H2,1-2H3,(H,32,35)/b27-26+. The molecule has 4 heteroatoms. The minimum Gasteiger partial charge on any atom is -0.394 e. The smallest absolute Gasteiger partial charge is 0.220 e. The van der Waals surface area contributed by atoms with Crippen LogP contribution in [0.2, 0.25) is 0 Å². The van der Waals surface area contributed by atoms with Gasteiger partial charge in [0.25, 0.3) is 0 Å². The molecule has 1 amide bonds. The Bertz CT molecular complexity index is 466. The predicted octanol–water partition coefficient (Wildman–Crippen LogP) is 8.39. The highest BCUT2D eigenvalue weighted by Crippen LogP contribution is 2.15. The molecule has 0 aliphatic heterocycles. The Kier molecular flexibility index (Phi) is 27.0. The van der Waals surface area contributed by atoms with Crippen LogP contribution in [-0.2, 0) is 4.79 Å². The molecule has 35 heavy (non-hydrogen) atoms. The lowest BCUT2D eigenvalue weighted by atomic mass is 10.0. The molecule has 0 aliphatic carbocycles. The van der Waals surface area contributed by atoms with Crippen molar-refractivity contribution in [1.29, 1.82) is 0 Å². The summed E-state index contributed by atoms with van der Waals surface area (Å²) >= 11 is 0. The SMILES string of the molecule is CCCCCCCCCCCCCCCCCCCCCCC/C=C/C(O)C(CO)NC(=O)CC. The van der Waals surface area contributed by atoms with Gasteiger partial charge in [0.15, 0.2) is 0 Å². The Balaban J connectivity index is 3.30. The van der Waals surface area contributed by atoms with E-state index in [1.165, 1.54) is 128 Å². The van der Waals surface area contributed by atoms with Crippen molar-refractivity contribution in [2.24, 2.45) is 0 Å². The molecule has 0 heterocycles. The molecule has 0 aromatic carbocycles. The lowest BCUT2D eigenvalue weighted by molar-refractivity contribution is -0.122. The summed E-state index contributed by atoms with van der Waals surface area (Å²) < 4.78 is 0. The molecule has 0 aliphatic rings. The van der Waals surface area contributed by atoms with Crippen molar-refractivity contribution in [2.45, 2.75) is 174 Å². The quantitative estimate of drug-likeness (QED) is 0.0791. The van der Waals surface area contributed by atoms with Gasteiger partial charge in [0.1, 0.15) is 0 Å². The van der Waals surface area contributed by atoms with Crippen molar-refractivity contribution >= 4 is 5.91 Å². The van der Waals surface area contributed by atoms with Crippen molar-refractivity contribution in [2.75, 3.05) is 6.61 Å². The van der Waals surface area contributed by atoms with Crippen LogP contribution in [0.15, 0.2) is 12.2 Å². The minimum absolute atomic E-state index is 0.152. The third-order valence-corrected chi connectivity index (χ3v) is 7.08. The lowest BCUT2D eigenvalue weighted by Gasteiger charge is -2.19. The average molecular weight is 496 g/mol. The van der Waals surface area contributed by atoms with E-state index in [9.17, 15) is 15.0 Å². The van der Waals surface area contributed by atoms with Crippen LogP contribution < -0.4 is 5.32 Å². The van der Waals surface area contributed by atoms with E-state index in [1.54, 1.807) is 13.0 Å². The monoisotopic (exact) mass is 495 g/mol. The van der Waals surface area contributed by atoms with Crippen molar-refractivity contribution in [1.82, 2.24) is 5.32 Å². The van der Waals surface area contributed by atoms with Gasteiger partial charge in [-0.05, 0) is 12.8 Å². The van der Waals surface area contributed by atoms with Crippen LogP contribution >= 0.6 is 0 Å². The number of hydrogen-bond donors (Lipinski definition) is 3.